The summed E-state index contributed by atoms with van der Waals surface area (Å²) in [6.07, 6.45) is 0.311. The highest BCUT2D eigenvalue weighted by Gasteiger charge is 2.32. The monoisotopic (exact) mass is 368 g/mol. The van der Waals surface area contributed by atoms with Crippen molar-refractivity contribution >= 4 is 17.7 Å². The summed E-state index contributed by atoms with van der Waals surface area (Å²) in [6, 6.07) is 15.4. The van der Waals surface area contributed by atoms with Crippen molar-refractivity contribution in [2.45, 2.75) is 25.9 Å². The normalized spacial score (nSPS) is 16.1. The summed E-state index contributed by atoms with van der Waals surface area (Å²) in [7, 11) is 1.62. The SMILES string of the molecule is COc1ccc(CCC(=O)NCC2CN(c3cccc(C)c3)C(=O)O2)cc1. The van der Waals surface area contributed by atoms with Crippen molar-refractivity contribution in [1.29, 1.82) is 0 Å². The van der Waals surface area contributed by atoms with E-state index in [1.54, 1.807) is 12.0 Å². The highest BCUT2D eigenvalue weighted by Crippen LogP contribution is 2.22. The van der Waals surface area contributed by atoms with Crippen molar-refractivity contribution in [3.63, 3.8) is 0 Å². The summed E-state index contributed by atoms with van der Waals surface area (Å²) < 4.78 is 10.5. The van der Waals surface area contributed by atoms with Gasteiger partial charge in [0.2, 0.25) is 5.91 Å². The Morgan fingerprint density at radius 2 is 2.04 bits per heavy atom. The largest absolute Gasteiger partial charge is 0.497 e. The quantitative estimate of drug-likeness (QED) is 0.816. The average molecular weight is 368 g/mol. The third-order valence-corrected chi connectivity index (χ3v) is 4.51. The van der Waals surface area contributed by atoms with Crippen LogP contribution < -0.4 is 15.0 Å². The molecule has 0 radical (unpaired) electrons. The average Bonchev–Trinajstić information content (AvgIpc) is 3.06. The number of hydrogen-bond acceptors (Lipinski definition) is 4. The Balaban J connectivity index is 1.44. The van der Waals surface area contributed by atoms with Crippen LogP contribution in [0.5, 0.6) is 5.75 Å². The molecule has 0 saturated carbocycles. The standard InChI is InChI=1S/C21H24N2O4/c1-15-4-3-5-17(12-15)23-14-19(27-21(23)25)13-22-20(24)11-8-16-6-9-18(26-2)10-7-16/h3-7,9-10,12,19H,8,11,13-14H2,1-2H3,(H,22,24). The molecule has 2 aromatic rings. The van der Waals surface area contributed by atoms with E-state index >= 15 is 0 Å². The molecule has 6 heteroatoms. The van der Waals surface area contributed by atoms with Gasteiger partial charge in [-0.2, -0.15) is 0 Å². The molecule has 1 aliphatic heterocycles. The van der Waals surface area contributed by atoms with Crippen molar-refractivity contribution in [2.75, 3.05) is 25.1 Å². The Bertz CT molecular complexity index is 804. The minimum atomic E-state index is -0.377. The molecule has 1 fully saturated rings. The molecule has 2 aromatic carbocycles. The molecule has 6 nitrogen and oxygen atoms in total. The maximum atomic E-state index is 12.1. The lowest BCUT2D eigenvalue weighted by molar-refractivity contribution is -0.121. The summed E-state index contributed by atoms with van der Waals surface area (Å²) in [5.74, 6) is 0.736. The maximum Gasteiger partial charge on any atom is 0.414 e. The number of aryl methyl sites for hydroxylation is 2. The Morgan fingerprint density at radius 1 is 1.26 bits per heavy atom. The number of rotatable bonds is 7. The van der Waals surface area contributed by atoms with Gasteiger partial charge in [0.1, 0.15) is 11.9 Å². The first-order valence-electron chi connectivity index (χ1n) is 8.99. The first kappa shape index (κ1) is 18.8. The van der Waals surface area contributed by atoms with Crippen molar-refractivity contribution in [2.24, 2.45) is 0 Å². The summed E-state index contributed by atoms with van der Waals surface area (Å²) in [6.45, 7) is 2.72. The minimum absolute atomic E-state index is 0.0594. The fourth-order valence-electron chi connectivity index (χ4n) is 3.00. The number of nitrogens with one attached hydrogen (secondary N) is 1. The van der Waals surface area contributed by atoms with E-state index < -0.39 is 0 Å². The number of anilines is 1. The van der Waals surface area contributed by atoms with Gasteiger partial charge < -0.3 is 14.8 Å². The number of methoxy groups -OCH3 is 1. The van der Waals surface area contributed by atoms with Gasteiger partial charge in [-0.25, -0.2) is 4.79 Å². The van der Waals surface area contributed by atoms with E-state index in [0.29, 0.717) is 25.9 Å². The van der Waals surface area contributed by atoms with Gasteiger partial charge in [-0.3, -0.25) is 9.69 Å². The predicted molar refractivity (Wildman–Crippen MR) is 103 cm³/mol. The molecule has 1 aliphatic rings. The third kappa shape index (κ3) is 5.00. The van der Waals surface area contributed by atoms with E-state index in [1.165, 1.54) is 0 Å². The zero-order chi connectivity index (χ0) is 19.2. The molecular weight excluding hydrogens is 344 g/mol. The highest BCUT2D eigenvalue weighted by atomic mass is 16.6. The van der Waals surface area contributed by atoms with Crippen LogP contribution in [-0.4, -0.2) is 38.3 Å². The zero-order valence-electron chi connectivity index (χ0n) is 15.6. The number of hydrogen-bond donors (Lipinski definition) is 1. The summed E-state index contributed by atoms with van der Waals surface area (Å²) in [5.41, 5.74) is 2.97. The Labute approximate surface area is 159 Å². The Morgan fingerprint density at radius 3 is 2.74 bits per heavy atom. The smallest absolute Gasteiger partial charge is 0.414 e. The number of cyclic esters (lactones) is 1. The number of amides is 2. The molecule has 0 bridgehead atoms. The van der Waals surface area contributed by atoms with Crippen LogP contribution in [0.1, 0.15) is 17.5 Å². The van der Waals surface area contributed by atoms with E-state index in [1.807, 2.05) is 55.5 Å². The van der Waals surface area contributed by atoms with E-state index in [0.717, 1.165) is 22.6 Å². The fraction of sp³-hybridized carbons (Fsp3) is 0.333. The van der Waals surface area contributed by atoms with E-state index in [2.05, 4.69) is 5.32 Å². The summed E-state index contributed by atoms with van der Waals surface area (Å²) in [5, 5.41) is 2.85. The van der Waals surface area contributed by atoms with Crippen LogP contribution in [0.2, 0.25) is 0 Å². The molecule has 1 N–H and O–H groups in total. The number of carbonyl (C=O) groups excluding carboxylic acids is 2. The molecule has 142 valence electrons. The molecule has 1 unspecified atom stereocenters. The van der Waals surface area contributed by atoms with E-state index in [-0.39, 0.29) is 18.1 Å². The molecule has 0 aliphatic carbocycles. The van der Waals surface area contributed by atoms with Crippen LogP contribution in [0.15, 0.2) is 48.5 Å². The van der Waals surface area contributed by atoms with E-state index in [4.69, 9.17) is 9.47 Å². The topological polar surface area (TPSA) is 67.9 Å². The molecule has 1 heterocycles. The Hall–Kier alpha value is -3.02. The van der Waals surface area contributed by atoms with Crippen molar-refractivity contribution in [1.82, 2.24) is 5.32 Å². The van der Waals surface area contributed by atoms with Gasteiger partial charge in [0.25, 0.3) is 0 Å². The van der Waals surface area contributed by atoms with E-state index in [9.17, 15) is 9.59 Å². The van der Waals surface area contributed by atoms with Crippen molar-refractivity contribution in [3.8, 4) is 5.75 Å². The molecule has 0 aromatic heterocycles. The summed E-state index contributed by atoms with van der Waals surface area (Å²) >= 11 is 0. The first-order chi connectivity index (χ1) is 13.0. The second kappa shape index (κ2) is 8.58. The fourth-order valence-corrected chi connectivity index (χ4v) is 3.00. The third-order valence-electron chi connectivity index (χ3n) is 4.51. The number of benzene rings is 2. The molecule has 0 spiro atoms. The van der Waals surface area contributed by atoms with Gasteiger partial charge in [-0.15, -0.1) is 0 Å². The number of carbonyl (C=O) groups is 2. The van der Waals surface area contributed by atoms with Gasteiger partial charge in [-0.05, 0) is 48.7 Å². The second-order valence-electron chi connectivity index (χ2n) is 6.61. The molecule has 1 saturated heterocycles. The van der Waals surface area contributed by atoms with Crippen LogP contribution in [0, 0.1) is 6.92 Å². The lowest BCUT2D eigenvalue weighted by atomic mass is 10.1. The van der Waals surface area contributed by atoms with Gasteiger partial charge in [0.05, 0.1) is 20.2 Å². The zero-order valence-corrected chi connectivity index (χ0v) is 15.6. The highest BCUT2D eigenvalue weighted by molar-refractivity contribution is 5.90. The van der Waals surface area contributed by atoms with Gasteiger partial charge in [0, 0.05) is 12.1 Å². The second-order valence-corrected chi connectivity index (χ2v) is 6.61. The maximum absolute atomic E-state index is 12.1. The van der Waals surface area contributed by atoms with Gasteiger partial charge >= 0.3 is 6.09 Å². The van der Waals surface area contributed by atoms with Gasteiger partial charge in [-0.1, -0.05) is 24.3 Å². The van der Waals surface area contributed by atoms with Crippen molar-refractivity contribution in [3.05, 3.63) is 59.7 Å². The lowest BCUT2D eigenvalue weighted by Crippen LogP contribution is -2.34. The minimum Gasteiger partial charge on any atom is -0.497 e. The number of ether oxygens (including phenoxy) is 2. The van der Waals surface area contributed by atoms with Crippen LogP contribution >= 0.6 is 0 Å². The van der Waals surface area contributed by atoms with Crippen LogP contribution in [0.4, 0.5) is 10.5 Å². The van der Waals surface area contributed by atoms with Gasteiger partial charge in [0.15, 0.2) is 0 Å². The van der Waals surface area contributed by atoms with Crippen LogP contribution in [-0.2, 0) is 16.0 Å². The van der Waals surface area contributed by atoms with Crippen LogP contribution in [0.25, 0.3) is 0 Å². The van der Waals surface area contributed by atoms with Crippen molar-refractivity contribution < 1.29 is 19.1 Å². The lowest BCUT2D eigenvalue weighted by Gasteiger charge is -2.13. The van der Waals surface area contributed by atoms with Crippen LogP contribution in [0.3, 0.4) is 0 Å². The Kier molecular flexibility index (Phi) is 5.96. The number of nitrogens with zero attached hydrogens (tertiary/aromatic N) is 1. The molecule has 27 heavy (non-hydrogen) atoms. The predicted octanol–water partition coefficient (Wildman–Crippen LogP) is 3.08. The molecule has 3 rings (SSSR count). The molecular formula is C21H24N2O4. The summed E-state index contributed by atoms with van der Waals surface area (Å²) in [4.78, 5) is 25.8. The first-order valence-corrected chi connectivity index (χ1v) is 8.99. The molecule has 1 atom stereocenters. The molecule has 2 amide bonds.